The minimum Gasteiger partial charge on any atom is -0.478 e. The van der Waals surface area contributed by atoms with Gasteiger partial charge >= 0.3 is 5.97 Å². The van der Waals surface area contributed by atoms with Crippen molar-refractivity contribution >= 4 is 11.7 Å². The zero-order chi connectivity index (χ0) is 10.6. The van der Waals surface area contributed by atoms with E-state index in [9.17, 15) is 9.18 Å². The molecule has 0 saturated carbocycles. The van der Waals surface area contributed by atoms with Crippen LogP contribution in [0.3, 0.4) is 0 Å². The van der Waals surface area contributed by atoms with Crippen LogP contribution in [0.15, 0.2) is 30.9 Å². The Bertz CT molecular complexity index is 363. The summed E-state index contributed by atoms with van der Waals surface area (Å²) in [6.07, 6.45) is 1.53. The quantitative estimate of drug-likeness (QED) is 0.723. The Morgan fingerprint density at radius 3 is 2.93 bits per heavy atom. The number of benzene rings is 1. The second-order valence-electron chi connectivity index (χ2n) is 2.64. The molecule has 1 aromatic rings. The first kappa shape index (κ1) is 10.2. The number of anilines is 1. The molecule has 0 bridgehead atoms. The Morgan fingerprint density at radius 1 is 1.64 bits per heavy atom. The molecule has 0 saturated heterocycles. The first-order valence-electron chi connectivity index (χ1n) is 4.03. The van der Waals surface area contributed by atoms with E-state index in [1.165, 1.54) is 24.3 Å². The third-order valence-electron chi connectivity index (χ3n) is 1.67. The van der Waals surface area contributed by atoms with Crippen LogP contribution in [-0.4, -0.2) is 17.6 Å². The minimum atomic E-state index is -1.16. The standard InChI is InChI=1S/C10H10FNO2/c1-2-6-12-9-7(10(13)14)4-3-5-8(9)11/h2-5,12H,1,6H2,(H,13,14). The van der Waals surface area contributed by atoms with Gasteiger partial charge in [0.15, 0.2) is 0 Å². The van der Waals surface area contributed by atoms with E-state index in [1.54, 1.807) is 0 Å². The van der Waals surface area contributed by atoms with Gasteiger partial charge in [-0.25, -0.2) is 9.18 Å². The molecular weight excluding hydrogens is 185 g/mol. The third kappa shape index (κ3) is 2.10. The number of hydrogen-bond donors (Lipinski definition) is 2. The molecule has 0 aliphatic carbocycles. The van der Waals surface area contributed by atoms with Crippen molar-refractivity contribution in [2.45, 2.75) is 0 Å². The molecule has 0 unspecified atom stereocenters. The molecule has 2 N–H and O–H groups in total. The summed E-state index contributed by atoms with van der Waals surface area (Å²) < 4.78 is 13.2. The molecule has 0 radical (unpaired) electrons. The van der Waals surface area contributed by atoms with Crippen molar-refractivity contribution in [2.75, 3.05) is 11.9 Å². The SMILES string of the molecule is C=CCNc1c(F)cccc1C(=O)O. The van der Waals surface area contributed by atoms with E-state index in [0.717, 1.165) is 0 Å². The van der Waals surface area contributed by atoms with Gasteiger partial charge < -0.3 is 10.4 Å². The number of carboxylic acid groups (broad SMARTS) is 1. The van der Waals surface area contributed by atoms with E-state index >= 15 is 0 Å². The minimum absolute atomic E-state index is 0.0000926. The molecule has 14 heavy (non-hydrogen) atoms. The van der Waals surface area contributed by atoms with E-state index in [2.05, 4.69) is 11.9 Å². The molecule has 0 atom stereocenters. The molecule has 74 valence electrons. The lowest BCUT2D eigenvalue weighted by Gasteiger charge is -2.07. The van der Waals surface area contributed by atoms with E-state index in [1.807, 2.05) is 0 Å². The topological polar surface area (TPSA) is 49.3 Å². The maximum Gasteiger partial charge on any atom is 0.337 e. The summed E-state index contributed by atoms with van der Waals surface area (Å²) in [7, 11) is 0. The van der Waals surface area contributed by atoms with Gasteiger partial charge in [-0.2, -0.15) is 0 Å². The summed E-state index contributed by atoms with van der Waals surface area (Å²) in [5, 5.41) is 11.4. The highest BCUT2D eigenvalue weighted by Gasteiger charge is 2.12. The Hall–Kier alpha value is -1.84. The van der Waals surface area contributed by atoms with Crippen LogP contribution < -0.4 is 5.32 Å². The van der Waals surface area contributed by atoms with Crippen LogP contribution in [0, 0.1) is 5.82 Å². The molecule has 0 heterocycles. The zero-order valence-electron chi connectivity index (χ0n) is 7.46. The maximum absolute atomic E-state index is 13.2. The Kier molecular flexibility index (Phi) is 3.23. The van der Waals surface area contributed by atoms with E-state index < -0.39 is 11.8 Å². The van der Waals surface area contributed by atoms with Crippen LogP contribution in [0.1, 0.15) is 10.4 Å². The summed E-state index contributed by atoms with van der Waals surface area (Å²) >= 11 is 0. The summed E-state index contributed by atoms with van der Waals surface area (Å²) in [6, 6.07) is 3.91. The highest BCUT2D eigenvalue weighted by molar-refractivity contribution is 5.94. The molecule has 4 heteroatoms. The molecule has 0 amide bonds. The van der Waals surface area contributed by atoms with E-state index in [4.69, 9.17) is 5.11 Å². The van der Waals surface area contributed by atoms with Crippen LogP contribution >= 0.6 is 0 Å². The predicted molar refractivity (Wildman–Crippen MR) is 52.0 cm³/mol. The van der Waals surface area contributed by atoms with Crippen molar-refractivity contribution < 1.29 is 14.3 Å². The lowest BCUT2D eigenvalue weighted by Crippen LogP contribution is -2.08. The van der Waals surface area contributed by atoms with Gasteiger partial charge in [-0.15, -0.1) is 6.58 Å². The van der Waals surface area contributed by atoms with E-state index in [0.29, 0.717) is 6.54 Å². The van der Waals surface area contributed by atoms with Gasteiger partial charge in [0, 0.05) is 6.54 Å². The van der Waals surface area contributed by atoms with Gasteiger partial charge in [-0.3, -0.25) is 0 Å². The van der Waals surface area contributed by atoms with Crippen molar-refractivity contribution in [3.05, 3.63) is 42.2 Å². The first-order valence-corrected chi connectivity index (χ1v) is 4.03. The van der Waals surface area contributed by atoms with Crippen molar-refractivity contribution in [1.29, 1.82) is 0 Å². The number of aromatic carboxylic acids is 1. The Balaban J connectivity index is 3.08. The van der Waals surface area contributed by atoms with Crippen LogP contribution in [0.5, 0.6) is 0 Å². The molecule has 1 rings (SSSR count). The number of hydrogen-bond acceptors (Lipinski definition) is 2. The van der Waals surface area contributed by atoms with Gasteiger partial charge in [0.2, 0.25) is 0 Å². The lowest BCUT2D eigenvalue weighted by molar-refractivity contribution is 0.0697. The van der Waals surface area contributed by atoms with Gasteiger partial charge in [0.25, 0.3) is 0 Å². The van der Waals surface area contributed by atoms with Gasteiger partial charge in [-0.1, -0.05) is 12.1 Å². The fraction of sp³-hybridized carbons (Fsp3) is 0.100. The number of carboxylic acids is 1. The second kappa shape index (κ2) is 4.41. The molecule has 0 aromatic heterocycles. The van der Waals surface area contributed by atoms with Gasteiger partial charge in [-0.05, 0) is 12.1 Å². The summed E-state index contributed by atoms with van der Waals surface area (Å²) in [6.45, 7) is 3.77. The smallest absolute Gasteiger partial charge is 0.337 e. The molecule has 0 aliphatic heterocycles. The highest BCUT2D eigenvalue weighted by atomic mass is 19.1. The fourth-order valence-corrected chi connectivity index (χ4v) is 1.06. The Labute approximate surface area is 80.9 Å². The molecule has 1 aromatic carbocycles. The number of rotatable bonds is 4. The lowest BCUT2D eigenvalue weighted by atomic mass is 10.1. The zero-order valence-corrected chi connectivity index (χ0v) is 7.46. The Morgan fingerprint density at radius 2 is 2.36 bits per heavy atom. The third-order valence-corrected chi connectivity index (χ3v) is 1.67. The average Bonchev–Trinajstić information content (AvgIpc) is 2.15. The fourth-order valence-electron chi connectivity index (χ4n) is 1.06. The molecule has 3 nitrogen and oxygen atoms in total. The van der Waals surface area contributed by atoms with Crippen LogP contribution in [0.4, 0.5) is 10.1 Å². The normalized spacial score (nSPS) is 9.50. The molecule has 0 fully saturated rings. The molecule has 0 spiro atoms. The van der Waals surface area contributed by atoms with Crippen molar-refractivity contribution in [1.82, 2.24) is 0 Å². The van der Waals surface area contributed by atoms with Crippen LogP contribution in [0.2, 0.25) is 0 Å². The largest absolute Gasteiger partial charge is 0.478 e. The number of nitrogens with one attached hydrogen (secondary N) is 1. The highest BCUT2D eigenvalue weighted by Crippen LogP contribution is 2.19. The first-order chi connectivity index (χ1) is 6.66. The molecular formula is C10H10FNO2. The number of halogens is 1. The second-order valence-corrected chi connectivity index (χ2v) is 2.64. The maximum atomic E-state index is 13.2. The number of para-hydroxylation sites is 1. The van der Waals surface area contributed by atoms with Gasteiger partial charge in [0.1, 0.15) is 5.82 Å². The summed E-state index contributed by atoms with van der Waals surface area (Å²) in [4.78, 5) is 10.7. The average molecular weight is 195 g/mol. The van der Waals surface area contributed by atoms with Crippen molar-refractivity contribution in [2.24, 2.45) is 0 Å². The number of carbonyl (C=O) groups is 1. The predicted octanol–water partition coefficient (Wildman–Crippen LogP) is 2.12. The van der Waals surface area contributed by atoms with Crippen LogP contribution in [0.25, 0.3) is 0 Å². The summed E-state index contributed by atoms with van der Waals surface area (Å²) in [5.74, 6) is -1.73. The van der Waals surface area contributed by atoms with Crippen LogP contribution in [-0.2, 0) is 0 Å². The van der Waals surface area contributed by atoms with Crippen molar-refractivity contribution in [3.8, 4) is 0 Å². The van der Waals surface area contributed by atoms with Gasteiger partial charge in [0.05, 0.1) is 11.3 Å². The van der Waals surface area contributed by atoms with E-state index in [-0.39, 0.29) is 11.3 Å². The van der Waals surface area contributed by atoms with Crippen molar-refractivity contribution in [3.63, 3.8) is 0 Å². The monoisotopic (exact) mass is 195 g/mol. The molecule has 0 aliphatic rings. The summed E-state index contributed by atoms with van der Waals surface area (Å²) in [5.41, 5.74) is -0.0771.